The predicted octanol–water partition coefficient (Wildman–Crippen LogP) is 3.38. The molecule has 1 atom stereocenters. The summed E-state index contributed by atoms with van der Waals surface area (Å²) in [5, 5.41) is 2.72. The number of carbonyl (C=O) groups excluding carboxylic acids is 1. The van der Waals surface area contributed by atoms with Gasteiger partial charge in [-0.05, 0) is 70.7 Å². The van der Waals surface area contributed by atoms with Crippen molar-refractivity contribution in [3.05, 3.63) is 23.3 Å². The van der Waals surface area contributed by atoms with E-state index in [1.807, 2.05) is 6.92 Å². The van der Waals surface area contributed by atoms with Crippen LogP contribution < -0.4 is 10.1 Å². The second-order valence-corrected chi connectivity index (χ2v) is 10.1. The van der Waals surface area contributed by atoms with E-state index in [0.717, 1.165) is 18.4 Å². The fourth-order valence-corrected chi connectivity index (χ4v) is 5.38. The first-order chi connectivity index (χ1) is 13.0. The molecule has 8 heteroatoms. The molecule has 0 aromatic heterocycles. The third-order valence-corrected chi connectivity index (χ3v) is 6.83. The monoisotopic (exact) mass is 412 g/mol. The number of hydrogen-bond donors (Lipinski definition) is 1. The van der Waals surface area contributed by atoms with Crippen LogP contribution in [0.4, 0.5) is 4.79 Å². The number of amides is 1. The van der Waals surface area contributed by atoms with Crippen molar-refractivity contribution in [1.82, 2.24) is 9.62 Å². The van der Waals surface area contributed by atoms with Gasteiger partial charge in [-0.3, -0.25) is 0 Å². The number of piperidine rings is 1. The lowest BCUT2D eigenvalue weighted by atomic mass is 10.1. The van der Waals surface area contributed by atoms with E-state index in [1.54, 1.807) is 46.9 Å². The lowest BCUT2D eigenvalue weighted by Crippen LogP contribution is -2.50. The highest BCUT2D eigenvalue weighted by Crippen LogP contribution is 2.31. The maximum Gasteiger partial charge on any atom is 0.407 e. The number of nitrogens with zero attached hydrogens (tertiary/aromatic N) is 1. The first-order valence-corrected chi connectivity index (χ1v) is 11.0. The average molecular weight is 413 g/mol. The molecule has 1 aliphatic rings. The zero-order chi connectivity index (χ0) is 21.1. The van der Waals surface area contributed by atoms with E-state index in [-0.39, 0.29) is 17.5 Å². The van der Waals surface area contributed by atoms with Crippen LogP contribution in [0.15, 0.2) is 17.0 Å². The summed E-state index contributed by atoms with van der Waals surface area (Å²) in [6, 6.07) is 3.12. The Morgan fingerprint density at radius 1 is 1.21 bits per heavy atom. The van der Waals surface area contributed by atoms with Crippen LogP contribution in [0.2, 0.25) is 0 Å². The number of alkyl carbamates (subject to hydrolysis) is 1. The molecule has 0 saturated carbocycles. The van der Waals surface area contributed by atoms with E-state index in [9.17, 15) is 13.2 Å². The summed E-state index contributed by atoms with van der Waals surface area (Å²) in [5.41, 5.74) is 0.819. The maximum absolute atomic E-state index is 13.4. The number of carbonyl (C=O) groups is 1. The highest BCUT2D eigenvalue weighted by Gasteiger charge is 2.35. The van der Waals surface area contributed by atoms with E-state index in [2.05, 4.69) is 5.32 Å². The second-order valence-electron chi connectivity index (χ2n) is 8.24. The molecular formula is C20H32N2O5S. The van der Waals surface area contributed by atoms with Crippen molar-refractivity contribution in [3.63, 3.8) is 0 Å². The van der Waals surface area contributed by atoms with Crippen LogP contribution in [0.25, 0.3) is 0 Å². The molecule has 28 heavy (non-hydrogen) atoms. The topological polar surface area (TPSA) is 84.9 Å². The molecule has 1 aromatic carbocycles. The molecule has 0 aliphatic carbocycles. The molecule has 1 aliphatic heterocycles. The molecule has 1 unspecified atom stereocenters. The van der Waals surface area contributed by atoms with E-state index < -0.39 is 21.7 Å². The van der Waals surface area contributed by atoms with Gasteiger partial charge in [0.15, 0.2) is 0 Å². The van der Waals surface area contributed by atoms with Crippen LogP contribution in [0.5, 0.6) is 5.75 Å². The highest BCUT2D eigenvalue weighted by atomic mass is 32.2. The molecule has 1 heterocycles. The molecule has 0 bridgehead atoms. The Bertz CT molecular complexity index is 815. The molecule has 1 N–H and O–H groups in total. The molecule has 1 saturated heterocycles. The molecule has 2 rings (SSSR count). The molecule has 0 spiro atoms. The van der Waals surface area contributed by atoms with Gasteiger partial charge in [0.25, 0.3) is 0 Å². The molecule has 7 nitrogen and oxygen atoms in total. The Balaban J connectivity index is 2.22. The fraction of sp³-hybridized carbons (Fsp3) is 0.650. The average Bonchev–Trinajstić information content (AvgIpc) is 2.60. The first kappa shape index (κ1) is 22.5. The van der Waals surface area contributed by atoms with Crippen molar-refractivity contribution in [3.8, 4) is 5.75 Å². The van der Waals surface area contributed by atoms with Gasteiger partial charge in [0.05, 0.1) is 12.0 Å². The second kappa shape index (κ2) is 8.69. The number of rotatable bonds is 5. The molecular weight excluding hydrogens is 380 g/mol. The highest BCUT2D eigenvalue weighted by molar-refractivity contribution is 7.89. The third kappa shape index (κ3) is 5.38. The van der Waals surface area contributed by atoms with Crippen molar-refractivity contribution in [2.24, 2.45) is 0 Å². The summed E-state index contributed by atoms with van der Waals surface area (Å²) >= 11 is 0. The van der Waals surface area contributed by atoms with Crippen LogP contribution >= 0.6 is 0 Å². The molecule has 158 valence electrons. The largest absolute Gasteiger partial charge is 0.496 e. The number of ether oxygens (including phenoxy) is 2. The summed E-state index contributed by atoms with van der Waals surface area (Å²) < 4.78 is 38.8. The third-order valence-electron chi connectivity index (χ3n) is 4.73. The number of nitrogens with one attached hydrogen (secondary N) is 1. The van der Waals surface area contributed by atoms with Crippen molar-refractivity contribution in [2.45, 2.75) is 70.4 Å². The van der Waals surface area contributed by atoms with Gasteiger partial charge >= 0.3 is 6.09 Å². The maximum atomic E-state index is 13.4. The van der Waals surface area contributed by atoms with Gasteiger partial charge < -0.3 is 14.8 Å². The van der Waals surface area contributed by atoms with Crippen LogP contribution in [0, 0.1) is 13.8 Å². The van der Waals surface area contributed by atoms with E-state index in [1.165, 1.54) is 4.31 Å². The van der Waals surface area contributed by atoms with Gasteiger partial charge in [0, 0.05) is 19.1 Å². The van der Waals surface area contributed by atoms with Crippen molar-refractivity contribution in [2.75, 3.05) is 20.2 Å². The van der Waals surface area contributed by atoms with E-state index in [4.69, 9.17) is 9.47 Å². The summed E-state index contributed by atoms with van der Waals surface area (Å²) in [7, 11) is -2.12. The Hall–Kier alpha value is -1.80. The summed E-state index contributed by atoms with van der Waals surface area (Å²) in [4.78, 5) is 12.3. The normalized spacial score (nSPS) is 18.6. The van der Waals surface area contributed by atoms with Crippen LogP contribution in [-0.2, 0) is 14.8 Å². The minimum atomic E-state index is -3.69. The van der Waals surface area contributed by atoms with Crippen LogP contribution in [0.1, 0.15) is 51.2 Å². The number of methoxy groups -OCH3 is 1. The lowest BCUT2D eigenvalue weighted by Gasteiger charge is -2.35. The Kier molecular flexibility index (Phi) is 6.98. The minimum Gasteiger partial charge on any atom is -0.496 e. The standard InChI is InChI=1S/C20H32N2O5S/c1-14-12-18(15(2)11-17(14)26-6)28(24,25)22-10-8-7-9-16(22)13-21-19(23)27-20(3,4)5/h11-12,16H,7-10,13H2,1-6H3,(H,21,23). The number of aryl methyl sites for hydroxylation is 2. The van der Waals surface area contributed by atoms with Crippen molar-refractivity contribution >= 4 is 16.1 Å². The van der Waals surface area contributed by atoms with Gasteiger partial charge in [-0.15, -0.1) is 0 Å². The van der Waals surface area contributed by atoms with Crippen LogP contribution in [0.3, 0.4) is 0 Å². The van der Waals surface area contributed by atoms with Crippen molar-refractivity contribution in [1.29, 1.82) is 0 Å². The van der Waals surface area contributed by atoms with Gasteiger partial charge in [0.1, 0.15) is 11.4 Å². The zero-order valence-corrected chi connectivity index (χ0v) is 18.5. The lowest BCUT2D eigenvalue weighted by molar-refractivity contribution is 0.0512. The molecule has 1 amide bonds. The summed E-state index contributed by atoms with van der Waals surface area (Å²) in [6.07, 6.45) is 1.89. The number of sulfonamides is 1. The molecule has 1 aromatic rings. The zero-order valence-electron chi connectivity index (χ0n) is 17.7. The molecule has 0 radical (unpaired) electrons. The minimum absolute atomic E-state index is 0.225. The van der Waals surface area contributed by atoms with Gasteiger partial charge in [0.2, 0.25) is 10.0 Å². The summed E-state index contributed by atoms with van der Waals surface area (Å²) in [5.74, 6) is 0.665. The molecule has 1 fully saturated rings. The smallest absolute Gasteiger partial charge is 0.407 e. The summed E-state index contributed by atoms with van der Waals surface area (Å²) in [6.45, 7) is 9.63. The van der Waals surface area contributed by atoms with E-state index >= 15 is 0 Å². The fourth-order valence-electron chi connectivity index (χ4n) is 3.40. The van der Waals surface area contributed by atoms with E-state index in [0.29, 0.717) is 24.3 Å². The Morgan fingerprint density at radius 2 is 1.89 bits per heavy atom. The van der Waals surface area contributed by atoms with Crippen LogP contribution in [-0.4, -0.2) is 50.7 Å². The number of benzene rings is 1. The first-order valence-electron chi connectivity index (χ1n) is 9.59. The SMILES string of the molecule is COc1cc(C)c(S(=O)(=O)N2CCCCC2CNC(=O)OC(C)(C)C)cc1C. The quantitative estimate of drug-likeness (QED) is 0.801. The van der Waals surface area contributed by atoms with Gasteiger partial charge in [-0.2, -0.15) is 4.31 Å². The van der Waals surface area contributed by atoms with Crippen molar-refractivity contribution < 1.29 is 22.7 Å². The van der Waals surface area contributed by atoms with Gasteiger partial charge in [-0.1, -0.05) is 6.42 Å². The van der Waals surface area contributed by atoms with Gasteiger partial charge in [-0.25, -0.2) is 13.2 Å². The Morgan fingerprint density at radius 3 is 2.50 bits per heavy atom. The predicted molar refractivity (Wildman–Crippen MR) is 108 cm³/mol. The Labute approximate surface area is 168 Å². The number of hydrogen-bond acceptors (Lipinski definition) is 5.